The predicted molar refractivity (Wildman–Crippen MR) is 76.2 cm³/mol. The minimum atomic E-state index is 0.928. The summed E-state index contributed by atoms with van der Waals surface area (Å²) in [5, 5.41) is 0. The van der Waals surface area contributed by atoms with Crippen LogP contribution in [0, 0.1) is 6.92 Å². The molecule has 0 saturated heterocycles. The fourth-order valence-corrected chi connectivity index (χ4v) is 2.16. The van der Waals surface area contributed by atoms with Crippen molar-refractivity contribution in [2.45, 2.75) is 26.2 Å². The first-order valence-electron chi connectivity index (χ1n) is 6.46. The molecule has 0 spiro atoms. The van der Waals surface area contributed by atoms with Gasteiger partial charge in [-0.05, 0) is 49.4 Å². The maximum Gasteiger partial charge on any atom is 0.118 e. The number of methoxy groups -OCH3 is 1. The Morgan fingerprint density at radius 3 is 2.28 bits per heavy atom. The zero-order valence-corrected chi connectivity index (χ0v) is 11.1. The Hall–Kier alpha value is -1.76. The molecule has 0 aliphatic carbocycles. The fourth-order valence-electron chi connectivity index (χ4n) is 2.16. The van der Waals surface area contributed by atoms with Crippen molar-refractivity contribution in [1.82, 2.24) is 0 Å². The average Bonchev–Trinajstić information content (AvgIpc) is 2.40. The second kappa shape index (κ2) is 6.25. The smallest absolute Gasteiger partial charge is 0.118 e. The molecule has 0 aliphatic heterocycles. The molecule has 94 valence electrons. The average molecular weight is 240 g/mol. The van der Waals surface area contributed by atoms with Crippen LogP contribution in [0.5, 0.6) is 5.75 Å². The van der Waals surface area contributed by atoms with Crippen LogP contribution in [0.4, 0.5) is 0 Å². The van der Waals surface area contributed by atoms with Crippen molar-refractivity contribution < 1.29 is 4.74 Å². The number of rotatable bonds is 5. The number of hydrogen-bond acceptors (Lipinski definition) is 1. The Bertz CT molecular complexity index is 485. The van der Waals surface area contributed by atoms with Crippen LogP contribution < -0.4 is 4.74 Å². The zero-order valence-electron chi connectivity index (χ0n) is 11.1. The van der Waals surface area contributed by atoms with Gasteiger partial charge in [-0.3, -0.25) is 0 Å². The van der Waals surface area contributed by atoms with E-state index < -0.39 is 0 Å². The van der Waals surface area contributed by atoms with E-state index in [0.29, 0.717) is 0 Å². The van der Waals surface area contributed by atoms with E-state index in [1.165, 1.54) is 23.1 Å². The van der Waals surface area contributed by atoms with E-state index in [1.807, 2.05) is 12.1 Å². The van der Waals surface area contributed by atoms with Crippen LogP contribution in [0.3, 0.4) is 0 Å². The first-order valence-corrected chi connectivity index (χ1v) is 6.46. The largest absolute Gasteiger partial charge is 0.497 e. The molecular weight excluding hydrogens is 220 g/mol. The van der Waals surface area contributed by atoms with Gasteiger partial charge in [-0.2, -0.15) is 0 Å². The SMILES string of the molecule is COc1ccc(CCCc2cccc(C)c2)cc1. The Kier molecular flexibility index (Phi) is 4.40. The minimum Gasteiger partial charge on any atom is -0.497 e. The van der Waals surface area contributed by atoms with E-state index in [0.717, 1.165) is 18.6 Å². The quantitative estimate of drug-likeness (QED) is 0.762. The Morgan fingerprint density at radius 1 is 0.889 bits per heavy atom. The molecule has 0 fully saturated rings. The second-order valence-corrected chi connectivity index (χ2v) is 4.69. The normalized spacial score (nSPS) is 10.3. The third kappa shape index (κ3) is 3.63. The van der Waals surface area contributed by atoms with E-state index in [9.17, 15) is 0 Å². The van der Waals surface area contributed by atoms with Crippen molar-refractivity contribution in [1.29, 1.82) is 0 Å². The molecule has 18 heavy (non-hydrogen) atoms. The number of hydrogen-bond donors (Lipinski definition) is 0. The molecule has 0 amide bonds. The molecule has 1 heteroatoms. The van der Waals surface area contributed by atoms with Crippen LogP contribution in [0.15, 0.2) is 48.5 Å². The van der Waals surface area contributed by atoms with Crippen molar-refractivity contribution in [3.05, 3.63) is 65.2 Å². The van der Waals surface area contributed by atoms with Crippen molar-refractivity contribution in [3.8, 4) is 5.75 Å². The molecule has 2 aromatic carbocycles. The van der Waals surface area contributed by atoms with Gasteiger partial charge in [0.2, 0.25) is 0 Å². The van der Waals surface area contributed by atoms with Crippen molar-refractivity contribution in [2.75, 3.05) is 7.11 Å². The summed E-state index contributed by atoms with van der Waals surface area (Å²) in [6.07, 6.45) is 3.46. The molecule has 1 nitrogen and oxygen atoms in total. The van der Waals surface area contributed by atoms with Crippen LogP contribution >= 0.6 is 0 Å². The summed E-state index contributed by atoms with van der Waals surface area (Å²) < 4.78 is 5.16. The summed E-state index contributed by atoms with van der Waals surface area (Å²) in [5.74, 6) is 0.928. The molecule has 0 N–H and O–H groups in total. The third-order valence-corrected chi connectivity index (χ3v) is 3.17. The number of benzene rings is 2. The number of ether oxygens (including phenoxy) is 1. The van der Waals surface area contributed by atoms with E-state index >= 15 is 0 Å². The van der Waals surface area contributed by atoms with E-state index in [1.54, 1.807) is 7.11 Å². The van der Waals surface area contributed by atoms with Gasteiger partial charge in [-0.15, -0.1) is 0 Å². The third-order valence-electron chi connectivity index (χ3n) is 3.17. The standard InChI is InChI=1S/C17H20O/c1-14-5-3-7-16(13-14)8-4-6-15-9-11-17(18-2)12-10-15/h3,5,7,9-13H,4,6,8H2,1-2H3. The van der Waals surface area contributed by atoms with Crippen molar-refractivity contribution >= 4 is 0 Å². The van der Waals surface area contributed by atoms with Gasteiger partial charge in [0.15, 0.2) is 0 Å². The zero-order chi connectivity index (χ0) is 12.8. The highest BCUT2D eigenvalue weighted by Gasteiger charge is 1.97. The first kappa shape index (κ1) is 12.7. The van der Waals surface area contributed by atoms with Gasteiger partial charge in [-0.25, -0.2) is 0 Å². The fraction of sp³-hybridized carbons (Fsp3) is 0.294. The Balaban J connectivity index is 1.84. The van der Waals surface area contributed by atoms with Crippen LogP contribution in [-0.4, -0.2) is 7.11 Å². The topological polar surface area (TPSA) is 9.23 Å². The summed E-state index contributed by atoms with van der Waals surface area (Å²) in [4.78, 5) is 0. The highest BCUT2D eigenvalue weighted by molar-refractivity contribution is 5.27. The molecule has 0 bridgehead atoms. The predicted octanol–water partition coefficient (Wildman–Crippen LogP) is 4.18. The lowest BCUT2D eigenvalue weighted by Crippen LogP contribution is -1.91. The van der Waals surface area contributed by atoms with Gasteiger partial charge in [0.25, 0.3) is 0 Å². The summed E-state index contributed by atoms with van der Waals surface area (Å²) in [6.45, 7) is 2.15. The van der Waals surface area contributed by atoms with Crippen LogP contribution in [0.1, 0.15) is 23.1 Å². The molecule has 2 rings (SSSR count). The van der Waals surface area contributed by atoms with Gasteiger partial charge in [0.1, 0.15) is 5.75 Å². The minimum absolute atomic E-state index is 0.928. The first-order chi connectivity index (χ1) is 8.78. The molecule has 2 aromatic rings. The summed E-state index contributed by atoms with van der Waals surface area (Å²) in [6, 6.07) is 17.1. The molecular formula is C17H20O. The Morgan fingerprint density at radius 2 is 1.61 bits per heavy atom. The van der Waals surface area contributed by atoms with Crippen LogP contribution in [-0.2, 0) is 12.8 Å². The van der Waals surface area contributed by atoms with Gasteiger partial charge >= 0.3 is 0 Å². The molecule has 0 aliphatic rings. The highest BCUT2D eigenvalue weighted by Crippen LogP contribution is 2.14. The van der Waals surface area contributed by atoms with Gasteiger partial charge < -0.3 is 4.74 Å². The maximum absolute atomic E-state index is 5.16. The highest BCUT2D eigenvalue weighted by atomic mass is 16.5. The second-order valence-electron chi connectivity index (χ2n) is 4.69. The summed E-state index contributed by atoms with van der Waals surface area (Å²) in [5.41, 5.74) is 4.16. The van der Waals surface area contributed by atoms with Crippen molar-refractivity contribution in [3.63, 3.8) is 0 Å². The lowest BCUT2D eigenvalue weighted by atomic mass is 10.0. The Labute approximate surface area is 109 Å². The van der Waals surface area contributed by atoms with Gasteiger partial charge in [0.05, 0.1) is 7.11 Å². The van der Waals surface area contributed by atoms with E-state index in [-0.39, 0.29) is 0 Å². The van der Waals surface area contributed by atoms with Crippen LogP contribution in [0.25, 0.3) is 0 Å². The van der Waals surface area contributed by atoms with Gasteiger partial charge in [0, 0.05) is 0 Å². The molecule has 0 atom stereocenters. The molecule has 0 heterocycles. The lowest BCUT2D eigenvalue weighted by Gasteiger charge is -2.04. The monoisotopic (exact) mass is 240 g/mol. The summed E-state index contributed by atoms with van der Waals surface area (Å²) >= 11 is 0. The lowest BCUT2D eigenvalue weighted by molar-refractivity contribution is 0.414. The summed E-state index contributed by atoms with van der Waals surface area (Å²) in [7, 11) is 1.70. The number of aryl methyl sites for hydroxylation is 3. The van der Waals surface area contributed by atoms with Crippen LogP contribution in [0.2, 0.25) is 0 Å². The maximum atomic E-state index is 5.16. The van der Waals surface area contributed by atoms with E-state index in [4.69, 9.17) is 4.74 Å². The van der Waals surface area contributed by atoms with Gasteiger partial charge in [-0.1, -0.05) is 42.0 Å². The molecule has 0 aromatic heterocycles. The van der Waals surface area contributed by atoms with Crippen molar-refractivity contribution in [2.24, 2.45) is 0 Å². The van der Waals surface area contributed by atoms with E-state index in [2.05, 4.69) is 43.3 Å². The molecule has 0 radical (unpaired) electrons. The molecule has 0 unspecified atom stereocenters. The molecule has 0 saturated carbocycles.